The van der Waals surface area contributed by atoms with Crippen LogP contribution in [0.3, 0.4) is 0 Å². The van der Waals surface area contributed by atoms with Crippen LogP contribution in [0.4, 0.5) is 10.3 Å². The van der Waals surface area contributed by atoms with Gasteiger partial charge in [0.05, 0.1) is 15.5 Å². The van der Waals surface area contributed by atoms with Gasteiger partial charge in [0.15, 0.2) is 0 Å². The highest BCUT2D eigenvalue weighted by Gasteiger charge is 2.16. The quantitative estimate of drug-likeness (QED) is 0.897. The number of hydrogen-bond donors (Lipinski definition) is 1. The molecule has 0 aliphatic rings. The van der Waals surface area contributed by atoms with Gasteiger partial charge in [-0.25, -0.2) is 9.37 Å². The molecule has 0 aliphatic heterocycles. The van der Waals surface area contributed by atoms with Gasteiger partial charge in [0.25, 0.3) is 0 Å². The van der Waals surface area contributed by atoms with Crippen molar-refractivity contribution in [2.24, 2.45) is 5.92 Å². The first-order valence-corrected chi connectivity index (χ1v) is 7.32. The van der Waals surface area contributed by atoms with E-state index in [-0.39, 0.29) is 11.9 Å². The van der Waals surface area contributed by atoms with Crippen LogP contribution in [-0.4, -0.2) is 9.55 Å². The molecule has 0 aliphatic carbocycles. The van der Waals surface area contributed by atoms with E-state index in [1.807, 2.05) is 4.57 Å². The molecule has 104 valence electrons. The predicted octanol–water partition coefficient (Wildman–Crippen LogP) is 4.52. The van der Waals surface area contributed by atoms with E-state index in [1.54, 1.807) is 6.07 Å². The van der Waals surface area contributed by atoms with E-state index < -0.39 is 0 Å². The van der Waals surface area contributed by atoms with E-state index >= 15 is 0 Å². The number of rotatable bonds is 4. The Morgan fingerprint density at radius 2 is 2.00 bits per heavy atom. The summed E-state index contributed by atoms with van der Waals surface area (Å²) in [6.07, 6.45) is 2.16. The van der Waals surface area contributed by atoms with Crippen LogP contribution in [0, 0.1) is 11.7 Å². The van der Waals surface area contributed by atoms with Crippen molar-refractivity contribution >= 4 is 32.9 Å². The average molecular weight is 328 g/mol. The van der Waals surface area contributed by atoms with E-state index in [1.165, 1.54) is 6.07 Å². The van der Waals surface area contributed by atoms with Crippen molar-refractivity contribution in [3.63, 3.8) is 0 Å². The first-order valence-electron chi connectivity index (χ1n) is 6.52. The lowest BCUT2D eigenvalue weighted by Gasteiger charge is -2.17. The minimum atomic E-state index is -0.313. The molecule has 19 heavy (non-hydrogen) atoms. The summed E-state index contributed by atoms with van der Waals surface area (Å²) < 4.78 is 15.9. The van der Waals surface area contributed by atoms with Crippen molar-refractivity contribution in [2.75, 3.05) is 5.73 Å². The third-order valence-electron chi connectivity index (χ3n) is 3.36. The lowest BCUT2D eigenvalue weighted by molar-refractivity contribution is 0.450. The average Bonchev–Trinajstić information content (AvgIpc) is 2.62. The van der Waals surface area contributed by atoms with Crippen LogP contribution in [0.25, 0.3) is 11.0 Å². The predicted molar refractivity (Wildman–Crippen MR) is 80.6 cm³/mol. The molecule has 1 heterocycles. The molecule has 0 spiro atoms. The number of imidazole rings is 1. The normalized spacial score (nSPS) is 13.4. The molecule has 0 amide bonds. The summed E-state index contributed by atoms with van der Waals surface area (Å²) in [7, 11) is 0. The number of hydrogen-bond acceptors (Lipinski definition) is 2. The van der Waals surface area contributed by atoms with Crippen LogP contribution < -0.4 is 5.73 Å². The molecule has 1 unspecified atom stereocenters. The number of halogens is 2. The number of fused-ring (bicyclic) bond motifs is 1. The molecule has 2 rings (SSSR count). The minimum absolute atomic E-state index is 0.254. The van der Waals surface area contributed by atoms with E-state index in [9.17, 15) is 4.39 Å². The third kappa shape index (κ3) is 2.91. The van der Waals surface area contributed by atoms with Crippen LogP contribution in [-0.2, 0) is 0 Å². The van der Waals surface area contributed by atoms with Gasteiger partial charge in [0, 0.05) is 12.1 Å². The topological polar surface area (TPSA) is 43.8 Å². The molecule has 1 atom stereocenters. The zero-order chi connectivity index (χ0) is 14.2. The molecule has 2 aromatic rings. The Labute approximate surface area is 121 Å². The fourth-order valence-corrected chi connectivity index (χ4v) is 2.61. The maximum atomic E-state index is 13.5. The monoisotopic (exact) mass is 327 g/mol. The fourth-order valence-electron chi connectivity index (χ4n) is 2.28. The van der Waals surface area contributed by atoms with E-state index in [0.29, 0.717) is 21.9 Å². The Balaban J connectivity index is 2.42. The molecular formula is C14H19BrFN3. The lowest BCUT2D eigenvalue weighted by Crippen LogP contribution is -2.09. The maximum Gasteiger partial charge on any atom is 0.201 e. The Bertz CT molecular complexity index is 592. The summed E-state index contributed by atoms with van der Waals surface area (Å²) in [5.41, 5.74) is 7.46. The molecular weight excluding hydrogens is 309 g/mol. The number of nitrogen functional groups attached to an aromatic ring is 1. The molecule has 0 bridgehead atoms. The third-order valence-corrected chi connectivity index (χ3v) is 3.97. The molecule has 1 aromatic carbocycles. The summed E-state index contributed by atoms with van der Waals surface area (Å²) in [5.74, 6) is 0.790. The molecule has 0 radical (unpaired) electrons. The summed E-state index contributed by atoms with van der Waals surface area (Å²) in [6, 6.07) is 3.42. The van der Waals surface area contributed by atoms with E-state index in [4.69, 9.17) is 5.73 Å². The summed E-state index contributed by atoms with van der Waals surface area (Å²) in [6.45, 7) is 6.53. The molecule has 0 saturated heterocycles. The second-order valence-corrected chi connectivity index (χ2v) is 6.27. The van der Waals surface area contributed by atoms with Crippen molar-refractivity contribution < 1.29 is 4.39 Å². The minimum Gasteiger partial charge on any atom is -0.369 e. The summed E-state index contributed by atoms with van der Waals surface area (Å²) in [5, 5.41) is 0. The van der Waals surface area contributed by atoms with Crippen LogP contribution in [0.2, 0.25) is 0 Å². The lowest BCUT2D eigenvalue weighted by atomic mass is 10.0. The number of benzene rings is 1. The van der Waals surface area contributed by atoms with Crippen molar-refractivity contribution in [1.29, 1.82) is 0 Å². The van der Waals surface area contributed by atoms with Gasteiger partial charge in [-0.05, 0) is 47.7 Å². The van der Waals surface area contributed by atoms with Gasteiger partial charge in [-0.1, -0.05) is 13.8 Å². The highest BCUT2D eigenvalue weighted by molar-refractivity contribution is 9.10. The van der Waals surface area contributed by atoms with Gasteiger partial charge < -0.3 is 10.3 Å². The number of nitrogens with two attached hydrogens (primary N) is 1. The van der Waals surface area contributed by atoms with Crippen molar-refractivity contribution in [3.8, 4) is 0 Å². The molecule has 2 N–H and O–H groups in total. The standard InChI is InChI=1S/C14H19BrFN3/c1-8(2)4-5-9(3)19-13-6-10(15)11(16)7-12(13)18-14(19)17/h6-9H,4-5H2,1-3H3,(H2,17,18). The molecule has 3 nitrogen and oxygen atoms in total. The first-order chi connectivity index (χ1) is 8.90. The maximum absolute atomic E-state index is 13.5. The van der Waals surface area contributed by atoms with Gasteiger partial charge in [-0.15, -0.1) is 0 Å². The zero-order valence-corrected chi connectivity index (χ0v) is 13.0. The Kier molecular flexibility index (Phi) is 4.13. The smallest absolute Gasteiger partial charge is 0.201 e. The Morgan fingerprint density at radius 3 is 2.63 bits per heavy atom. The van der Waals surface area contributed by atoms with Crippen molar-refractivity contribution in [2.45, 2.75) is 39.7 Å². The molecule has 0 fully saturated rings. The van der Waals surface area contributed by atoms with Crippen LogP contribution >= 0.6 is 15.9 Å². The van der Waals surface area contributed by atoms with E-state index in [2.05, 4.69) is 41.7 Å². The fraction of sp³-hybridized carbons (Fsp3) is 0.500. The van der Waals surface area contributed by atoms with Gasteiger partial charge >= 0.3 is 0 Å². The van der Waals surface area contributed by atoms with Crippen molar-refractivity contribution in [3.05, 3.63) is 22.4 Å². The van der Waals surface area contributed by atoms with Gasteiger partial charge in [-0.3, -0.25) is 0 Å². The largest absolute Gasteiger partial charge is 0.369 e. The van der Waals surface area contributed by atoms with Crippen LogP contribution in [0.1, 0.15) is 39.7 Å². The van der Waals surface area contributed by atoms with Crippen molar-refractivity contribution in [1.82, 2.24) is 9.55 Å². The van der Waals surface area contributed by atoms with Gasteiger partial charge in [0.1, 0.15) is 5.82 Å². The summed E-state index contributed by atoms with van der Waals surface area (Å²) >= 11 is 3.21. The Morgan fingerprint density at radius 1 is 1.32 bits per heavy atom. The number of anilines is 1. The SMILES string of the molecule is CC(C)CCC(C)n1c(N)nc2cc(F)c(Br)cc21. The van der Waals surface area contributed by atoms with Crippen LogP contribution in [0.5, 0.6) is 0 Å². The van der Waals surface area contributed by atoms with E-state index in [0.717, 1.165) is 18.4 Å². The molecule has 0 saturated carbocycles. The molecule has 1 aromatic heterocycles. The molecule has 5 heteroatoms. The zero-order valence-electron chi connectivity index (χ0n) is 11.5. The second kappa shape index (κ2) is 5.49. The Hall–Kier alpha value is -1.10. The van der Waals surface area contributed by atoms with Crippen LogP contribution in [0.15, 0.2) is 16.6 Å². The van der Waals surface area contributed by atoms with Gasteiger partial charge in [0.2, 0.25) is 5.95 Å². The van der Waals surface area contributed by atoms with Gasteiger partial charge in [-0.2, -0.15) is 0 Å². The highest BCUT2D eigenvalue weighted by Crippen LogP contribution is 2.29. The second-order valence-electron chi connectivity index (χ2n) is 5.42. The highest BCUT2D eigenvalue weighted by atomic mass is 79.9. The summed E-state index contributed by atoms with van der Waals surface area (Å²) in [4.78, 5) is 4.24. The number of aromatic nitrogens is 2. The first kappa shape index (κ1) is 14.3. The number of nitrogens with zero attached hydrogens (tertiary/aromatic N) is 2.